The van der Waals surface area contributed by atoms with Crippen molar-refractivity contribution in [3.63, 3.8) is 0 Å². The number of hydrogen-bond donors (Lipinski definition) is 5. The highest BCUT2D eigenvalue weighted by Gasteiger charge is 2.12. The van der Waals surface area contributed by atoms with E-state index in [1.807, 2.05) is 12.1 Å². The van der Waals surface area contributed by atoms with Crippen LogP contribution in [0.25, 0.3) is 5.32 Å². The zero-order valence-corrected chi connectivity index (χ0v) is 17.4. The number of carbonyl (C=O) groups is 1. The molecular weight excluding hydrogens is 370 g/mol. The summed E-state index contributed by atoms with van der Waals surface area (Å²) in [6.45, 7) is 2.23. The molecule has 0 aromatic carbocycles. The quantitative estimate of drug-likeness (QED) is 0.123. The van der Waals surface area contributed by atoms with Gasteiger partial charge in [0.2, 0.25) is 0 Å². The Balaban J connectivity index is 2.58. The van der Waals surface area contributed by atoms with Gasteiger partial charge in [-0.15, -0.1) is 0 Å². The monoisotopic (exact) mass is 406 g/mol. The molecular formula is C21H36N5O3-. The number of H-pyrrole nitrogens is 1. The van der Waals surface area contributed by atoms with Crippen molar-refractivity contribution in [2.24, 2.45) is 16.5 Å². The second-order valence-electron chi connectivity index (χ2n) is 7.29. The summed E-state index contributed by atoms with van der Waals surface area (Å²) in [5, 5.41) is 23.8. The third kappa shape index (κ3) is 11.8. The lowest BCUT2D eigenvalue weighted by atomic mass is 9.98. The standard InChI is InChI=1S/C21H36N5O3/c1-2-3-9-17(27)10-6-4-5-7-11-18(26-19-12-8-13-24-19)16(14-20(28)29)15-25-21(22)23/h8,12-14,17-18,24,27H,2-7,9-11,15H2,1H3,(H,28,29)(H4,22,23,25)/q-1. The van der Waals surface area contributed by atoms with E-state index in [4.69, 9.17) is 11.5 Å². The summed E-state index contributed by atoms with van der Waals surface area (Å²) in [7, 11) is 0. The van der Waals surface area contributed by atoms with Gasteiger partial charge in [0.25, 0.3) is 0 Å². The second kappa shape index (κ2) is 14.5. The molecule has 1 rings (SSSR count). The van der Waals surface area contributed by atoms with E-state index >= 15 is 0 Å². The molecule has 2 atom stereocenters. The van der Waals surface area contributed by atoms with Gasteiger partial charge >= 0.3 is 5.97 Å². The fourth-order valence-corrected chi connectivity index (χ4v) is 3.15. The minimum atomic E-state index is -1.04. The van der Waals surface area contributed by atoms with Crippen LogP contribution in [0.2, 0.25) is 0 Å². The average molecular weight is 407 g/mol. The van der Waals surface area contributed by atoms with Crippen LogP contribution in [0, 0.1) is 0 Å². The van der Waals surface area contributed by atoms with Gasteiger partial charge in [-0.2, -0.15) is 0 Å². The minimum absolute atomic E-state index is 0.0819. The first-order chi connectivity index (χ1) is 13.9. The lowest BCUT2D eigenvalue weighted by molar-refractivity contribution is -0.131. The Hall–Kier alpha value is -2.48. The Morgan fingerprint density at radius 3 is 2.48 bits per heavy atom. The minimum Gasteiger partial charge on any atom is -0.478 e. The highest BCUT2D eigenvalue weighted by atomic mass is 16.4. The van der Waals surface area contributed by atoms with Gasteiger partial charge in [-0.3, -0.25) is 0 Å². The first-order valence-electron chi connectivity index (χ1n) is 10.4. The van der Waals surface area contributed by atoms with Crippen molar-refractivity contribution in [2.45, 2.75) is 76.9 Å². The molecule has 29 heavy (non-hydrogen) atoms. The van der Waals surface area contributed by atoms with E-state index in [2.05, 4.69) is 22.2 Å². The van der Waals surface area contributed by atoms with Gasteiger partial charge in [0.05, 0.1) is 12.6 Å². The number of nitrogens with two attached hydrogens (primary N) is 2. The molecule has 164 valence electrons. The highest BCUT2D eigenvalue weighted by Crippen LogP contribution is 2.27. The smallest absolute Gasteiger partial charge is 0.328 e. The molecule has 0 bridgehead atoms. The van der Waals surface area contributed by atoms with Crippen LogP contribution in [0.3, 0.4) is 0 Å². The van der Waals surface area contributed by atoms with Gasteiger partial charge in [0.1, 0.15) is 0 Å². The Kier molecular flexibility index (Phi) is 12.3. The number of aromatic nitrogens is 1. The third-order valence-electron chi connectivity index (χ3n) is 4.71. The number of aliphatic hydroxyl groups excluding tert-OH is 1. The van der Waals surface area contributed by atoms with Crippen LogP contribution >= 0.6 is 0 Å². The number of carboxylic acid groups (broad SMARTS) is 1. The second-order valence-corrected chi connectivity index (χ2v) is 7.29. The number of aromatic amines is 1. The van der Waals surface area contributed by atoms with E-state index in [-0.39, 0.29) is 24.7 Å². The molecule has 7 N–H and O–H groups in total. The number of nitrogens with zero attached hydrogens (tertiary/aromatic N) is 2. The van der Waals surface area contributed by atoms with Crippen molar-refractivity contribution in [3.8, 4) is 0 Å². The van der Waals surface area contributed by atoms with E-state index in [0.717, 1.165) is 57.4 Å². The molecule has 0 saturated carbocycles. The summed E-state index contributed by atoms with van der Waals surface area (Å²) >= 11 is 0. The van der Waals surface area contributed by atoms with Crippen molar-refractivity contribution in [1.29, 1.82) is 0 Å². The average Bonchev–Trinajstić information content (AvgIpc) is 3.18. The summed E-state index contributed by atoms with van der Waals surface area (Å²) in [4.78, 5) is 18.3. The lowest BCUT2D eigenvalue weighted by Gasteiger charge is -2.27. The Morgan fingerprint density at radius 1 is 1.21 bits per heavy atom. The Bertz CT molecular complexity index is 624. The molecule has 1 heterocycles. The van der Waals surface area contributed by atoms with E-state index in [1.165, 1.54) is 0 Å². The van der Waals surface area contributed by atoms with Crippen LogP contribution in [0.15, 0.2) is 35.0 Å². The van der Waals surface area contributed by atoms with Gasteiger partial charge in [0, 0.05) is 6.08 Å². The van der Waals surface area contributed by atoms with Gasteiger partial charge < -0.3 is 32.0 Å². The molecule has 2 unspecified atom stereocenters. The molecule has 0 amide bonds. The predicted octanol–water partition coefficient (Wildman–Crippen LogP) is 3.56. The number of unbranched alkanes of at least 4 members (excludes halogenated alkanes) is 4. The molecule has 0 fully saturated rings. The third-order valence-corrected chi connectivity index (χ3v) is 4.71. The Labute approximate surface area is 173 Å². The molecule has 8 heteroatoms. The number of guanidine groups is 1. The first kappa shape index (κ1) is 24.6. The number of hydrogen-bond acceptors (Lipinski definition) is 3. The van der Waals surface area contributed by atoms with Gasteiger partial charge in [-0.1, -0.05) is 69.6 Å². The van der Waals surface area contributed by atoms with Crippen molar-refractivity contribution >= 4 is 17.7 Å². The predicted molar refractivity (Wildman–Crippen MR) is 117 cm³/mol. The fraction of sp³-hybridized carbons (Fsp3) is 0.619. The maximum Gasteiger partial charge on any atom is 0.328 e. The number of nitrogens with one attached hydrogen (secondary N) is 1. The van der Waals surface area contributed by atoms with Crippen LogP contribution in [-0.4, -0.2) is 45.8 Å². The zero-order chi connectivity index (χ0) is 21.5. The van der Waals surface area contributed by atoms with Crippen LogP contribution in [-0.2, 0) is 4.79 Å². The lowest BCUT2D eigenvalue weighted by Crippen LogP contribution is -2.24. The van der Waals surface area contributed by atoms with E-state index in [9.17, 15) is 15.0 Å². The van der Waals surface area contributed by atoms with Crippen molar-refractivity contribution in [2.75, 3.05) is 6.54 Å². The zero-order valence-electron chi connectivity index (χ0n) is 17.4. The summed E-state index contributed by atoms with van der Waals surface area (Å²) in [6, 6.07) is 3.36. The molecule has 0 spiro atoms. The van der Waals surface area contributed by atoms with Crippen LogP contribution in [0.4, 0.5) is 5.82 Å². The number of rotatable bonds is 16. The normalized spacial score (nSPS) is 13.7. The van der Waals surface area contributed by atoms with Crippen LogP contribution in [0.1, 0.15) is 64.7 Å². The summed E-state index contributed by atoms with van der Waals surface area (Å²) in [5.74, 6) is -0.435. The summed E-state index contributed by atoms with van der Waals surface area (Å²) in [6.07, 6.45) is 11.2. The van der Waals surface area contributed by atoms with E-state index in [1.54, 1.807) is 6.20 Å². The van der Waals surface area contributed by atoms with Gasteiger partial charge in [0.15, 0.2) is 5.96 Å². The molecule has 0 saturated heterocycles. The van der Waals surface area contributed by atoms with Crippen LogP contribution in [0.5, 0.6) is 0 Å². The molecule has 1 aromatic rings. The molecule has 8 nitrogen and oxygen atoms in total. The number of carboxylic acids is 1. The van der Waals surface area contributed by atoms with Gasteiger partial charge in [-0.05, 0) is 30.9 Å². The van der Waals surface area contributed by atoms with E-state index in [0.29, 0.717) is 17.8 Å². The van der Waals surface area contributed by atoms with Crippen molar-refractivity contribution < 1.29 is 15.0 Å². The maximum atomic E-state index is 11.3. The maximum absolute atomic E-state index is 11.3. The fourth-order valence-electron chi connectivity index (χ4n) is 3.15. The van der Waals surface area contributed by atoms with E-state index < -0.39 is 5.97 Å². The van der Waals surface area contributed by atoms with Crippen molar-refractivity contribution in [3.05, 3.63) is 35.3 Å². The van der Waals surface area contributed by atoms with Gasteiger partial charge in [-0.25, -0.2) is 9.79 Å². The molecule has 0 aliphatic rings. The first-order valence-corrected chi connectivity index (χ1v) is 10.4. The van der Waals surface area contributed by atoms with Crippen molar-refractivity contribution in [1.82, 2.24) is 4.98 Å². The summed E-state index contributed by atoms with van der Waals surface area (Å²) < 4.78 is 0. The number of aliphatic hydroxyl groups is 1. The largest absolute Gasteiger partial charge is 0.478 e. The molecule has 0 radical (unpaired) electrons. The number of aliphatic carboxylic acids is 1. The Morgan fingerprint density at radius 2 is 1.90 bits per heavy atom. The summed E-state index contributed by atoms with van der Waals surface area (Å²) in [5.41, 5.74) is 11.4. The topological polar surface area (TPSA) is 152 Å². The number of aliphatic imine (C=N–C) groups is 1. The highest BCUT2D eigenvalue weighted by molar-refractivity contribution is 5.81. The SMILES string of the molecule is CCCCC(O)CCCCCCC([N-]c1ccc[nH]1)C(=CC(=O)O)CN=C(N)N. The van der Waals surface area contributed by atoms with Crippen LogP contribution < -0.4 is 11.5 Å². The molecule has 0 aliphatic heterocycles. The molecule has 0 aliphatic carbocycles. The molecule has 1 aromatic heterocycles.